The van der Waals surface area contributed by atoms with Gasteiger partial charge in [0.2, 0.25) is 17.7 Å². The number of ether oxygens (including phenoxy) is 3. The first-order chi connectivity index (χ1) is 27.4. The Labute approximate surface area is 327 Å². The highest BCUT2D eigenvalue weighted by Gasteiger charge is 2.48. The van der Waals surface area contributed by atoms with Crippen molar-refractivity contribution < 1.29 is 43.3 Å². The number of aromatic nitrogens is 2. The summed E-state index contributed by atoms with van der Waals surface area (Å²) in [5.74, 6) is -2.02. The SMILES string of the molecule is CCc1c2c(nc3ccc(O)cc13)-c1cc3c(c(=O)n1C2)CCC(=O)C3(CC)OC(=O)OCc1ccc(NC(=O)C(CCCCN)NC(=O)COCC(N)=O)cc1. The van der Waals surface area contributed by atoms with E-state index in [-0.39, 0.29) is 49.5 Å². The van der Waals surface area contributed by atoms with Crippen LogP contribution in [0.25, 0.3) is 22.3 Å². The van der Waals surface area contributed by atoms with Crippen LogP contribution in [0.2, 0.25) is 0 Å². The molecule has 1 aliphatic carbocycles. The standard InChI is InChI=1S/C41H46N6O10/c1-3-26-28-17-25(48)12-14-31(28)46-37-29(26)19-47-33(37)18-30-27(39(47)53)13-15-34(49)41(30,4-2)57-40(54)56-20-23-8-10-24(11-9-23)44-38(52)32(7-5-6-16-42)45-36(51)22-55-21-35(43)50/h8-12,14,17-18,32,48H,3-7,13,15-16,19-22,42H2,1-2H3,(H2,43,50)(H,44,52)(H,45,51). The summed E-state index contributed by atoms with van der Waals surface area (Å²) in [4.78, 5) is 82.3. The van der Waals surface area contributed by atoms with Crippen molar-refractivity contribution >= 4 is 46.3 Å². The van der Waals surface area contributed by atoms with Crippen molar-refractivity contribution in [2.75, 3.05) is 25.1 Å². The summed E-state index contributed by atoms with van der Waals surface area (Å²) >= 11 is 0. The fourth-order valence-electron chi connectivity index (χ4n) is 7.58. The number of pyridine rings is 2. The largest absolute Gasteiger partial charge is 0.509 e. The number of benzene rings is 2. The zero-order valence-electron chi connectivity index (χ0n) is 31.9. The third-order valence-electron chi connectivity index (χ3n) is 10.4. The highest BCUT2D eigenvalue weighted by Crippen LogP contribution is 2.43. The Morgan fingerprint density at radius 3 is 2.47 bits per heavy atom. The lowest BCUT2D eigenvalue weighted by Crippen LogP contribution is -2.46. The first-order valence-corrected chi connectivity index (χ1v) is 18.9. The molecular weight excluding hydrogens is 736 g/mol. The first kappa shape index (κ1) is 40.5. The highest BCUT2D eigenvalue weighted by atomic mass is 16.7. The van der Waals surface area contributed by atoms with Crippen molar-refractivity contribution in [3.63, 3.8) is 0 Å². The van der Waals surface area contributed by atoms with Gasteiger partial charge in [0, 0.05) is 34.2 Å². The van der Waals surface area contributed by atoms with Gasteiger partial charge in [0.1, 0.15) is 31.6 Å². The molecular formula is C41H46N6O10. The van der Waals surface area contributed by atoms with Gasteiger partial charge in [-0.2, -0.15) is 0 Å². The van der Waals surface area contributed by atoms with Crippen molar-refractivity contribution in [3.8, 4) is 17.1 Å². The van der Waals surface area contributed by atoms with E-state index in [9.17, 15) is 33.9 Å². The van der Waals surface area contributed by atoms with Crippen molar-refractivity contribution in [3.05, 3.63) is 86.7 Å². The van der Waals surface area contributed by atoms with Gasteiger partial charge in [-0.05, 0) is 92.6 Å². The number of primary amides is 1. The van der Waals surface area contributed by atoms with Crippen molar-refractivity contribution in [2.24, 2.45) is 11.5 Å². The minimum absolute atomic E-state index is 0.00505. The van der Waals surface area contributed by atoms with Gasteiger partial charge < -0.3 is 46.0 Å². The summed E-state index contributed by atoms with van der Waals surface area (Å²) in [5.41, 5.74) is 13.9. The average Bonchev–Trinajstić information content (AvgIpc) is 3.55. The number of fused-ring (bicyclic) bond motifs is 5. The van der Waals surface area contributed by atoms with E-state index in [1.54, 1.807) is 60.0 Å². The lowest BCUT2D eigenvalue weighted by Gasteiger charge is -2.36. The molecule has 57 heavy (non-hydrogen) atoms. The topological polar surface area (TPSA) is 244 Å². The molecule has 2 atom stereocenters. The average molecular weight is 783 g/mol. The van der Waals surface area contributed by atoms with E-state index in [1.165, 1.54) is 0 Å². The molecule has 2 aromatic heterocycles. The number of carbonyl (C=O) groups is 5. The molecule has 3 amide bonds. The van der Waals surface area contributed by atoms with E-state index in [0.29, 0.717) is 71.5 Å². The van der Waals surface area contributed by atoms with E-state index in [2.05, 4.69) is 10.6 Å². The summed E-state index contributed by atoms with van der Waals surface area (Å²) < 4.78 is 18.0. The van der Waals surface area contributed by atoms with Crippen LogP contribution in [0.15, 0.2) is 53.3 Å². The number of nitrogens with zero attached hydrogens (tertiary/aromatic N) is 2. The molecule has 16 heteroatoms. The number of amides is 3. The maximum Gasteiger partial charge on any atom is 0.509 e. The lowest BCUT2D eigenvalue weighted by molar-refractivity contribution is -0.144. The summed E-state index contributed by atoms with van der Waals surface area (Å²) in [6.07, 6.45) is 1.36. The minimum atomic E-state index is -1.75. The number of aryl methyl sites for hydroxylation is 1. The second-order valence-corrected chi connectivity index (χ2v) is 14.1. The predicted octanol–water partition coefficient (Wildman–Crippen LogP) is 3.22. The summed E-state index contributed by atoms with van der Waals surface area (Å²) in [5, 5.41) is 16.3. The van der Waals surface area contributed by atoms with Gasteiger partial charge in [0.25, 0.3) is 5.56 Å². The molecule has 3 heterocycles. The third-order valence-corrected chi connectivity index (χ3v) is 10.4. The van der Waals surface area contributed by atoms with Crippen molar-refractivity contribution in [2.45, 2.75) is 83.6 Å². The van der Waals surface area contributed by atoms with Crippen LogP contribution in [0.3, 0.4) is 0 Å². The number of hydrogen-bond acceptors (Lipinski definition) is 12. The molecule has 0 radical (unpaired) electrons. The third kappa shape index (κ3) is 8.51. The predicted molar refractivity (Wildman–Crippen MR) is 208 cm³/mol. The smallest absolute Gasteiger partial charge is 0.508 e. The fraction of sp³-hybridized carbons (Fsp3) is 0.390. The Morgan fingerprint density at radius 1 is 1.00 bits per heavy atom. The number of aromatic hydroxyl groups is 1. The van der Waals surface area contributed by atoms with E-state index < -0.39 is 48.7 Å². The minimum Gasteiger partial charge on any atom is -0.508 e. The maximum atomic E-state index is 14.1. The zero-order valence-corrected chi connectivity index (χ0v) is 31.9. The highest BCUT2D eigenvalue weighted by molar-refractivity contribution is 5.97. The molecule has 2 aromatic carbocycles. The number of phenolic OH excluding ortho intramolecular Hbond substituents is 1. The van der Waals surface area contributed by atoms with Gasteiger partial charge in [-0.25, -0.2) is 9.78 Å². The Morgan fingerprint density at radius 2 is 1.77 bits per heavy atom. The number of nitrogens with two attached hydrogens (primary N) is 2. The molecule has 0 saturated carbocycles. The second-order valence-electron chi connectivity index (χ2n) is 14.1. The number of Topliss-reactive ketones (excluding diaryl/α,β-unsaturated/α-hetero) is 1. The van der Waals surface area contributed by atoms with Gasteiger partial charge in [0.15, 0.2) is 11.4 Å². The van der Waals surface area contributed by atoms with Gasteiger partial charge in [-0.3, -0.25) is 24.0 Å². The van der Waals surface area contributed by atoms with E-state index in [0.717, 1.165) is 16.5 Å². The second kappa shape index (κ2) is 17.3. The quantitative estimate of drug-likeness (QED) is 0.0716. The maximum absolute atomic E-state index is 14.1. The molecule has 0 fully saturated rings. The Bertz CT molecular complexity index is 2290. The number of hydrogen-bond donors (Lipinski definition) is 5. The number of phenols is 1. The molecule has 300 valence electrons. The van der Waals surface area contributed by atoms with E-state index in [1.807, 2.05) is 6.92 Å². The van der Waals surface area contributed by atoms with Crippen LogP contribution in [0, 0.1) is 0 Å². The van der Waals surface area contributed by atoms with Gasteiger partial charge in [-0.1, -0.05) is 26.0 Å². The van der Waals surface area contributed by atoms with Crippen LogP contribution in [-0.4, -0.2) is 70.1 Å². The fourth-order valence-corrected chi connectivity index (χ4v) is 7.58. The van der Waals surface area contributed by atoms with Gasteiger partial charge in [-0.15, -0.1) is 0 Å². The van der Waals surface area contributed by atoms with Gasteiger partial charge >= 0.3 is 6.16 Å². The molecule has 7 N–H and O–H groups in total. The van der Waals surface area contributed by atoms with Crippen molar-refractivity contribution in [1.82, 2.24) is 14.9 Å². The number of rotatable bonds is 16. The van der Waals surface area contributed by atoms with E-state index >= 15 is 0 Å². The van der Waals surface area contributed by atoms with Crippen LogP contribution in [-0.2, 0) is 65.0 Å². The van der Waals surface area contributed by atoms with Crippen LogP contribution in [0.1, 0.15) is 73.8 Å². The molecule has 1 aliphatic heterocycles. The van der Waals surface area contributed by atoms with Crippen molar-refractivity contribution in [1.29, 1.82) is 0 Å². The molecule has 2 aliphatic rings. The van der Waals surface area contributed by atoms with E-state index in [4.69, 9.17) is 30.7 Å². The van der Waals surface area contributed by atoms with Crippen LogP contribution in [0.4, 0.5) is 10.5 Å². The Kier molecular flexibility index (Phi) is 12.3. The molecule has 0 spiro atoms. The number of nitrogens with one attached hydrogen (secondary N) is 2. The molecule has 16 nitrogen and oxygen atoms in total. The molecule has 0 bridgehead atoms. The number of unbranched alkanes of at least 4 members (excludes halogenated alkanes) is 1. The summed E-state index contributed by atoms with van der Waals surface area (Å²) in [7, 11) is 0. The Balaban J connectivity index is 1.15. The normalized spacial score (nSPS) is 15.9. The molecule has 0 saturated heterocycles. The number of ketones is 1. The Hall–Kier alpha value is -6.13. The molecule has 2 unspecified atom stereocenters. The number of carbonyl (C=O) groups excluding carboxylic acids is 5. The van der Waals surface area contributed by atoms with Crippen LogP contribution in [0.5, 0.6) is 5.75 Å². The van der Waals surface area contributed by atoms with Gasteiger partial charge in [0.05, 0.1) is 23.4 Å². The van der Waals surface area contributed by atoms with Crippen LogP contribution < -0.4 is 27.7 Å². The monoisotopic (exact) mass is 782 g/mol. The number of anilines is 1. The summed E-state index contributed by atoms with van der Waals surface area (Å²) in [6.45, 7) is 3.33. The molecule has 4 aromatic rings. The zero-order chi connectivity index (χ0) is 40.9. The lowest BCUT2D eigenvalue weighted by atomic mass is 9.76. The summed E-state index contributed by atoms with van der Waals surface area (Å²) in [6, 6.07) is 12.3. The molecule has 6 rings (SSSR count). The first-order valence-electron chi connectivity index (χ1n) is 18.9. The van der Waals surface area contributed by atoms with Crippen LogP contribution >= 0.6 is 0 Å².